The fourth-order valence-electron chi connectivity index (χ4n) is 1.04. The molecule has 1 heterocycles. The molecule has 9 heavy (non-hydrogen) atoms. The van der Waals surface area contributed by atoms with Crippen LogP contribution in [0, 0.1) is 0 Å². The first-order chi connectivity index (χ1) is 4.38. The third-order valence-electron chi connectivity index (χ3n) is 1.59. The summed E-state index contributed by atoms with van der Waals surface area (Å²) in [5.41, 5.74) is 1.55. The summed E-state index contributed by atoms with van der Waals surface area (Å²) in [4.78, 5) is 0. The number of hydrogen-bond donors (Lipinski definition) is 0. The third kappa shape index (κ3) is 1.43. The van der Waals surface area contributed by atoms with Crippen LogP contribution in [0.5, 0.6) is 0 Å². The summed E-state index contributed by atoms with van der Waals surface area (Å²) in [7, 11) is 1.43. The first-order valence-electron chi connectivity index (χ1n) is 3.48. The molecule has 0 aliphatic carbocycles. The first-order valence-corrected chi connectivity index (χ1v) is 4.44. The minimum absolute atomic E-state index is 1.20. The third-order valence-corrected chi connectivity index (χ3v) is 2.81. The largest absolute Gasteiger partial charge is 0.0613 e. The van der Waals surface area contributed by atoms with Gasteiger partial charge in [-0.15, -0.1) is 0 Å². The standard InChI is InChI=1S/C8H12P/c1-3-7-5-6-9-8(7)4-2/h5-6H,3-4H2,1-2H3. The molecule has 0 N–H and O–H groups in total. The predicted octanol–water partition coefficient (Wildman–Crippen LogP) is 3.53. The fourth-order valence-corrected chi connectivity index (χ4v) is 2.05. The molecule has 1 aliphatic heterocycles. The van der Waals surface area contributed by atoms with Crippen molar-refractivity contribution < 1.29 is 0 Å². The summed E-state index contributed by atoms with van der Waals surface area (Å²) >= 11 is 0. The van der Waals surface area contributed by atoms with E-state index in [4.69, 9.17) is 0 Å². The zero-order chi connectivity index (χ0) is 6.69. The van der Waals surface area contributed by atoms with E-state index in [1.165, 1.54) is 21.4 Å². The molecule has 0 spiro atoms. The first kappa shape index (κ1) is 7.02. The Bertz CT molecular complexity index is 154. The van der Waals surface area contributed by atoms with Crippen LogP contribution in [-0.4, -0.2) is 0 Å². The van der Waals surface area contributed by atoms with Gasteiger partial charge in [0.15, 0.2) is 0 Å². The van der Waals surface area contributed by atoms with Gasteiger partial charge in [0.1, 0.15) is 0 Å². The van der Waals surface area contributed by atoms with Crippen LogP contribution in [0.4, 0.5) is 0 Å². The predicted molar refractivity (Wildman–Crippen MR) is 43.7 cm³/mol. The van der Waals surface area contributed by atoms with E-state index in [9.17, 15) is 0 Å². The topological polar surface area (TPSA) is 0 Å². The van der Waals surface area contributed by atoms with Crippen LogP contribution in [0.15, 0.2) is 22.8 Å². The second kappa shape index (κ2) is 3.17. The van der Waals surface area contributed by atoms with Crippen LogP contribution in [0.25, 0.3) is 0 Å². The van der Waals surface area contributed by atoms with Crippen molar-refractivity contribution in [2.75, 3.05) is 0 Å². The van der Waals surface area contributed by atoms with Gasteiger partial charge in [0, 0.05) is 0 Å². The smallest absolute Gasteiger partial charge is 0.0222 e. The molecular weight excluding hydrogens is 127 g/mol. The second-order valence-electron chi connectivity index (χ2n) is 2.12. The molecule has 49 valence electrons. The Morgan fingerprint density at radius 1 is 1.33 bits per heavy atom. The normalized spacial score (nSPS) is 20.2. The van der Waals surface area contributed by atoms with Crippen LogP contribution in [0.2, 0.25) is 0 Å². The van der Waals surface area contributed by atoms with E-state index < -0.39 is 0 Å². The van der Waals surface area contributed by atoms with Gasteiger partial charge in [-0.1, -0.05) is 25.7 Å². The van der Waals surface area contributed by atoms with Gasteiger partial charge < -0.3 is 0 Å². The maximum atomic E-state index is 2.25. The maximum Gasteiger partial charge on any atom is -0.0222 e. The highest BCUT2D eigenvalue weighted by molar-refractivity contribution is 7.47. The van der Waals surface area contributed by atoms with Crippen LogP contribution >= 0.6 is 8.58 Å². The van der Waals surface area contributed by atoms with E-state index in [2.05, 4.69) is 25.7 Å². The van der Waals surface area contributed by atoms with Crippen molar-refractivity contribution >= 4 is 8.58 Å². The van der Waals surface area contributed by atoms with Gasteiger partial charge in [-0.3, -0.25) is 0 Å². The monoisotopic (exact) mass is 139 g/mol. The van der Waals surface area contributed by atoms with E-state index in [1.807, 2.05) is 0 Å². The summed E-state index contributed by atoms with van der Waals surface area (Å²) in [6.07, 6.45) is 4.67. The Kier molecular flexibility index (Phi) is 2.48. The number of hydrogen-bond acceptors (Lipinski definition) is 0. The summed E-state index contributed by atoms with van der Waals surface area (Å²) in [6, 6.07) is 0. The summed E-state index contributed by atoms with van der Waals surface area (Å²) in [5.74, 6) is 2.23. The summed E-state index contributed by atoms with van der Waals surface area (Å²) in [6.45, 7) is 4.45. The Hall–Kier alpha value is -0.0900. The fraction of sp³-hybridized carbons (Fsp3) is 0.500. The lowest BCUT2D eigenvalue weighted by Crippen LogP contribution is -1.74. The highest BCUT2D eigenvalue weighted by Gasteiger charge is 2.04. The molecule has 0 bridgehead atoms. The van der Waals surface area contributed by atoms with Crippen molar-refractivity contribution in [3.63, 3.8) is 0 Å². The Morgan fingerprint density at radius 2 is 2.11 bits per heavy atom. The molecule has 0 aromatic heterocycles. The van der Waals surface area contributed by atoms with E-state index >= 15 is 0 Å². The van der Waals surface area contributed by atoms with Crippen molar-refractivity contribution in [2.24, 2.45) is 0 Å². The molecule has 1 rings (SSSR count). The van der Waals surface area contributed by atoms with Crippen LogP contribution in [-0.2, 0) is 0 Å². The molecular formula is C8H12P. The van der Waals surface area contributed by atoms with Crippen molar-refractivity contribution in [1.29, 1.82) is 0 Å². The van der Waals surface area contributed by atoms with E-state index in [-0.39, 0.29) is 0 Å². The molecule has 1 radical (unpaired) electrons. The lowest BCUT2D eigenvalue weighted by Gasteiger charge is -1.97. The number of allylic oxidation sites excluding steroid dienone is 3. The summed E-state index contributed by atoms with van der Waals surface area (Å²) < 4.78 is 0. The molecule has 0 amide bonds. The van der Waals surface area contributed by atoms with Crippen LogP contribution < -0.4 is 0 Å². The molecule has 0 atom stereocenters. The molecule has 0 aromatic rings. The highest BCUT2D eigenvalue weighted by Crippen LogP contribution is 2.38. The van der Waals surface area contributed by atoms with Crippen LogP contribution in [0.1, 0.15) is 26.7 Å². The SMILES string of the molecule is CCC1=C(CC)[P]C=C1. The lowest BCUT2D eigenvalue weighted by atomic mass is 10.2. The zero-order valence-electron chi connectivity index (χ0n) is 6.02. The Labute approximate surface area is 58.8 Å². The Morgan fingerprint density at radius 3 is 2.56 bits per heavy atom. The average molecular weight is 139 g/mol. The quantitative estimate of drug-likeness (QED) is 0.513. The second-order valence-corrected chi connectivity index (χ2v) is 3.22. The van der Waals surface area contributed by atoms with Gasteiger partial charge in [-0.2, -0.15) is 0 Å². The van der Waals surface area contributed by atoms with Gasteiger partial charge in [-0.05, 0) is 32.3 Å². The van der Waals surface area contributed by atoms with E-state index in [1.54, 1.807) is 10.9 Å². The van der Waals surface area contributed by atoms with Gasteiger partial charge in [-0.25, -0.2) is 0 Å². The zero-order valence-corrected chi connectivity index (χ0v) is 6.91. The van der Waals surface area contributed by atoms with Crippen molar-refractivity contribution in [3.05, 3.63) is 22.8 Å². The van der Waals surface area contributed by atoms with Gasteiger partial charge in [0.2, 0.25) is 0 Å². The van der Waals surface area contributed by atoms with Crippen molar-refractivity contribution in [2.45, 2.75) is 26.7 Å². The van der Waals surface area contributed by atoms with Crippen LogP contribution in [0.3, 0.4) is 0 Å². The van der Waals surface area contributed by atoms with E-state index in [0.29, 0.717) is 0 Å². The van der Waals surface area contributed by atoms with E-state index in [0.717, 1.165) is 0 Å². The molecule has 0 fully saturated rings. The maximum absolute atomic E-state index is 2.25. The van der Waals surface area contributed by atoms with Crippen molar-refractivity contribution in [1.82, 2.24) is 0 Å². The highest BCUT2D eigenvalue weighted by atomic mass is 31.1. The average Bonchev–Trinajstić information content (AvgIpc) is 2.33. The Balaban J connectivity index is 2.67. The molecule has 0 aromatic carbocycles. The molecule has 0 unspecified atom stereocenters. The molecule has 0 nitrogen and oxygen atoms in total. The lowest BCUT2D eigenvalue weighted by molar-refractivity contribution is 1.09. The summed E-state index contributed by atoms with van der Waals surface area (Å²) in [5, 5.41) is 1.61. The minimum atomic E-state index is 1.20. The molecule has 0 saturated heterocycles. The number of rotatable bonds is 2. The minimum Gasteiger partial charge on any atom is -0.0613 e. The molecule has 1 heteroatoms. The van der Waals surface area contributed by atoms with Gasteiger partial charge >= 0.3 is 0 Å². The van der Waals surface area contributed by atoms with Gasteiger partial charge in [0.05, 0.1) is 0 Å². The van der Waals surface area contributed by atoms with Gasteiger partial charge in [0.25, 0.3) is 0 Å². The molecule has 0 saturated carbocycles. The molecule has 1 aliphatic rings. The van der Waals surface area contributed by atoms with Crippen molar-refractivity contribution in [3.8, 4) is 0 Å².